The van der Waals surface area contributed by atoms with Gasteiger partial charge >= 0.3 is 6.18 Å². The highest BCUT2D eigenvalue weighted by Crippen LogP contribution is 2.34. The summed E-state index contributed by atoms with van der Waals surface area (Å²) in [5, 5.41) is 11.0. The van der Waals surface area contributed by atoms with Gasteiger partial charge in [-0.15, -0.1) is 0 Å². The maximum atomic E-state index is 13.1. The topological polar surface area (TPSA) is 68.3 Å². The molecule has 5 nitrogen and oxygen atoms in total. The molecule has 0 unspecified atom stereocenters. The molecular weight excluding hydrogens is 361 g/mol. The Hall–Kier alpha value is -3.13. The molecule has 2 aromatic carbocycles. The van der Waals surface area contributed by atoms with Gasteiger partial charge < -0.3 is 9.52 Å². The Bertz CT molecular complexity index is 1190. The maximum absolute atomic E-state index is 13.1. The summed E-state index contributed by atoms with van der Waals surface area (Å²) in [5.41, 5.74) is -0.963. The lowest BCUT2D eigenvalue weighted by Crippen LogP contribution is -2.24. The van der Waals surface area contributed by atoms with Crippen LogP contribution < -0.4 is 5.56 Å². The van der Waals surface area contributed by atoms with Crippen molar-refractivity contribution >= 4 is 22.1 Å². The largest absolute Gasteiger partial charge is 0.448 e. The van der Waals surface area contributed by atoms with Crippen LogP contribution in [0.1, 0.15) is 17.2 Å². The summed E-state index contributed by atoms with van der Waals surface area (Å²) >= 11 is 0. The van der Waals surface area contributed by atoms with Crippen molar-refractivity contribution in [3.63, 3.8) is 0 Å². The molecular formula is C19H13F3N2O3. The van der Waals surface area contributed by atoms with Crippen molar-refractivity contribution < 1.29 is 22.7 Å². The van der Waals surface area contributed by atoms with Gasteiger partial charge in [-0.05, 0) is 23.8 Å². The summed E-state index contributed by atoms with van der Waals surface area (Å²) in [6, 6.07) is 11.7. The SMILES string of the molecule is O=c1c2oc3ccccc3c2ncn1C[C@H](O)c1ccccc1C(F)(F)F. The average molecular weight is 374 g/mol. The number of fused-ring (bicyclic) bond motifs is 3. The van der Waals surface area contributed by atoms with Crippen LogP contribution in [0.4, 0.5) is 13.2 Å². The zero-order valence-electron chi connectivity index (χ0n) is 13.8. The van der Waals surface area contributed by atoms with Gasteiger partial charge in [-0.2, -0.15) is 13.2 Å². The molecule has 1 atom stereocenters. The molecule has 0 amide bonds. The van der Waals surface area contributed by atoms with Gasteiger partial charge in [-0.25, -0.2) is 4.98 Å². The fraction of sp³-hybridized carbons (Fsp3) is 0.158. The minimum Gasteiger partial charge on any atom is -0.448 e. The van der Waals surface area contributed by atoms with Crippen LogP contribution in [0.5, 0.6) is 0 Å². The van der Waals surface area contributed by atoms with Gasteiger partial charge in [0, 0.05) is 5.39 Å². The lowest BCUT2D eigenvalue weighted by atomic mass is 10.0. The predicted molar refractivity (Wildman–Crippen MR) is 92.2 cm³/mol. The number of aliphatic hydroxyl groups excluding tert-OH is 1. The summed E-state index contributed by atoms with van der Waals surface area (Å²) in [6.07, 6.45) is -4.95. The Morgan fingerprint density at radius 3 is 2.59 bits per heavy atom. The highest BCUT2D eigenvalue weighted by molar-refractivity contribution is 6.01. The Morgan fingerprint density at radius 1 is 1.11 bits per heavy atom. The molecule has 0 aliphatic carbocycles. The first-order chi connectivity index (χ1) is 12.9. The fourth-order valence-electron chi connectivity index (χ4n) is 3.08. The fourth-order valence-corrected chi connectivity index (χ4v) is 3.08. The van der Waals surface area contributed by atoms with Crippen molar-refractivity contribution in [3.8, 4) is 0 Å². The molecule has 1 N–H and O–H groups in total. The monoisotopic (exact) mass is 374 g/mol. The molecule has 2 aromatic heterocycles. The molecule has 2 heterocycles. The quantitative estimate of drug-likeness (QED) is 0.591. The Balaban J connectivity index is 1.75. The van der Waals surface area contributed by atoms with Gasteiger partial charge in [0.2, 0.25) is 5.58 Å². The number of furan rings is 1. The van der Waals surface area contributed by atoms with Gasteiger partial charge in [0.15, 0.2) is 0 Å². The number of hydrogen-bond donors (Lipinski definition) is 1. The Morgan fingerprint density at radius 2 is 1.81 bits per heavy atom. The van der Waals surface area contributed by atoms with Crippen molar-refractivity contribution in [2.75, 3.05) is 0 Å². The first-order valence-corrected chi connectivity index (χ1v) is 8.07. The number of halogens is 3. The third kappa shape index (κ3) is 2.97. The standard InChI is InChI=1S/C19H13F3N2O3/c20-19(21,22)13-7-3-1-5-11(13)14(25)9-24-10-23-16-12-6-2-4-8-15(12)27-17(16)18(24)26/h1-8,10,14,25H,9H2/t14-/m0/s1. The van der Waals surface area contributed by atoms with Crippen LogP contribution in [-0.2, 0) is 12.7 Å². The van der Waals surface area contributed by atoms with Gasteiger partial charge in [-0.1, -0.05) is 30.3 Å². The molecule has 0 spiro atoms. The van der Waals surface area contributed by atoms with E-state index in [1.54, 1.807) is 24.3 Å². The van der Waals surface area contributed by atoms with E-state index in [9.17, 15) is 23.1 Å². The summed E-state index contributed by atoms with van der Waals surface area (Å²) in [7, 11) is 0. The molecule has 27 heavy (non-hydrogen) atoms. The highest BCUT2D eigenvalue weighted by atomic mass is 19.4. The van der Waals surface area contributed by atoms with Gasteiger partial charge in [0.05, 0.1) is 24.5 Å². The number of benzene rings is 2. The number of nitrogens with zero attached hydrogens (tertiary/aromatic N) is 2. The van der Waals surface area contributed by atoms with Crippen molar-refractivity contribution in [1.82, 2.24) is 9.55 Å². The van der Waals surface area contributed by atoms with E-state index in [-0.39, 0.29) is 17.7 Å². The molecule has 0 saturated carbocycles. The van der Waals surface area contributed by atoms with Crippen LogP contribution >= 0.6 is 0 Å². The maximum Gasteiger partial charge on any atom is 0.416 e. The van der Waals surface area contributed by atoms with E-state index in [0.717, 1.165) is 10.6 Å². The number of hydrogen-bond acceptors (Lipinski definition) is 4. The first kappa shape index (κ1) is 17.3. The highest BCUT2D eigenvalue weighted by Gasteiger charge is 2.34. The lowest BCUT2D eigenvalue weighted by Gasteiger charge is -2.18. The second kappa shape index (κ2) is 6.24. The number of aromatic nitrogens is 2. The minimum atomic E-state index is -4.61. The van der Waals surface area contributed by atoms with Crippen molar-refractivity contribution in [1.29, 1.82) is 0 Å². The smallest absolute Gasteiger partial charge is 0.416 e. The summed E-state index contributed by atoms with van der Waals surface area (Å²) in [4.78, 5) is 16.8. The zero-order valence-corrected chi connectivity index (χ0v) is 13.8. The summed E-state index contributed by atoms with van der Waals surface area (Å²) in [5.74, 6) is 0. The van der Waals surface area contributed by atoms with E-state index < -0.39 is 23.4 Å². The molecule has 4 aromatic rings. The molecule has 8 heteroatoms. The Kier molecular flexibility index (Phi) is 4.00. The van der Waals surface area contributed by atoms with E-state index in [4.69, 9.17) is 4.42 Å². The minimum absolute atomic E-state index is 0.00462. The number of rotatable bonds is 3. The van der Waals surface area contributed by atoms with E-state index in [2.05, 4.69) is 4.98 Å². The first-order valence-electron chi connectivity index (χ1n) is 8.07. The van der Waals surface area contributed by atoms with E-state index in [0.29, 0.717) is 16.5 Å². The Labute approximate surface area is 150 Å². The predicted octanol–water partition coefficient (Wildman–Crippen LogP) is 3.90. The molecule has 0 fully saturated rings. The van der Waals surface area contributed by atoms with Crippen LogP contribution in [-0.4, -0.2) is 14.7 Å². The van der Waals surface area contributed by atoms with Crippen LogP contribution in [0.2, 0.25) is 0 Å². The number of para-hydroxylation sites is 1. The van der Waals surface area contributed by atoms with E-state index >= 15 is 0 Å². The third-order valence-electron chi connectivity index (χ3n) is 4.35. The molecule has 0 radical (unpaired) electrons. The van der Waals surface area contributed by atoms with Gasteiger partial charge in [-0.3, -0.25) is 9.36 Å². The van der Waals surface area contributed by atoms with E-state index in [1.165, 1.54) is 24.5 Å². The van der Waals surface area contributed by atoms with Crippen molar-refractivity contribution in [2.45, 2.75) is 18.8 Å². The number of alkyl halides is 3. The molecule has 138 valence electrons. The normalized spacial score (nSPS) is 13.3. The lowest BCUT2D eigenvalue weighted by molar-refractivity contribution is -0.139. The van der Waals surface area contributed by atoms with Gasteiger partial charge in [0.25, 0.3) is 5.56 Å². The molecule has 0 aliphatic rings. The average Bonchev–Trinajstić information content (AvgIpc) is 3.03. The molecule has 0 saturated heterocycles. The zero-order chi connectivity index (χ0) is 19.2. The molecule has 0 aliphatic heterocycles. The van der Waals surface area contributed by atoms with Crippen LogP contribution in [0.25, 0.3) is 22.1 Å². The molecule has 4 rings (SSSR count). The van der Waals surface area contributed by atoms with Crippen LogP contribution in [0, 0.1) is 0 Å². The van der Waals surface area contributed by atoms with Crippen LogP contribution in [0.15, 0.2) is 64.1 Å². The molecule has 0 bridgehead atoms. The summed E-state index contributed by atoms with van der Waals surface area (Å²) in [6.45, 7) is -0.383. The van der Waals surface area contributed by atoms with Gasteiger partial charge in [0.1, 0.15) is 11.1 Å². The second-order valence-corrected chi connectivity index (χ2v) is 6.08. The van der Waals surface area contributed by atoms with E-state index in [1.807, 2.05) is 0 Å². The number of aliphatic hydroxyl groups is 1. The van der Waals surface area contributed by atoms with Crippen molar-refractivity contribution in [3.05, 3.63) is 76.3 Å². The third-order valence-corrected chi connectivity index (χ3v) is 4.35. The second-order valence-electron chi connectivity index (χ2n) is 6.08. The summed E-state index contributed by atoms with van der Waals surface area (Å²) < 4.78 is 46.0. The van der Waals surface area contributed by atoms with Crippen molar-refractivity contribution in [2.24, 2.45) is 0 Å². The van der Waals surface area contributed by atoms with Crippen LogP contribution in [0.3, 0.4) is 0 Å².